The molecule has 0 unspecified atom stereocenters. The fraction of sp³-hybridized carbons (Fsp3) is 0.240. The second-order valence-electron chi connectivity index (χ2n) is 8.03. The third-order valence-electron chi connectivity index (χ3n) is 5.86. The Morgan fingerprint density at radius 2 is 1.71 bits per heavy atom. The average molecular weight is 608 g/mol. The molecule has 0 atom stereocenters. The lowest BCUT2D eigenvalue weighted by Gasteiger charge is -2.29. The third-order valence-corrected chi connectivity index (χ3v) is 9.10. The van der Waals surface area contributed by atoms with Crippen LogP contribution < -0.4 is 9.46 Å². The van der Waals surface area contributed by atoms with Crippen LogP contribution in [0.25, 0.3) is 0 Å². The molecule has 0 radical (unpaired) electrons. The van der Waals surface area contributed by atoms with Crippen LogP contribution in [0.15, 0.2) is 68.4 Å². The Kier molecular flexibility index (Phi) is 7.35. The number of carbonyl (C=O) groups excluding carboxylic acids is 1. The summed E-state index contributed by atoms with van der Waals surface area (Å²) >= 11 is 7.04. The topological polar surface area (TPSA) is 75.7 Å². The SMILES string of the molecule is CCc1ccc(NS(=O)(=O)c2cc(C(=O)N3CCc4cc(Br)c(Br)cc4C3)ccc2OC)cc1. The Hall–Kier alpha value is -2.36. The molecule has 6 nitrogen and oxygen atoms in total. The first-order chi connectivity index (χ1) is 16.2. The van der Waals surface area contributed by atoms with Gasteiger partial charge in [0.25, 0.3) is 15.9 Å². The van der Waals surface area contributed by atoms with Crippen molar-refractivity contribution in [2.75, 3.05) is 18.4 Å². The van der Waals surface area contributed by atoms with Gasteiger partial charge in [-0.15, -0.1) is 0 Å². The van der Waals surface area contributed by atoms with Crippen molar-refractivity contribution in [2.24, 2.45) is 0 Å². The van der Waals surface area contributed by atoms with Crippen molar-refractivity contribution >= 4 is 53.5 Å². The van der Waals surface area contributed by atoms with Crippen LogP contribution in [0, 0.1) is 0 Å². The fourth-order valence-electron chi connectivity index (χ4n) is 3.94. The molecule has 34 heavy (non-hydrogen) atoms. The van der Waals surface area contributed by atoms with Gasteiger partial charge in [-0.3, -0.25) is 9.52 Å². The molecule has 1 aliphatic heterocycles. The molecule has 1 amide bonds. The summed E-state index contributed by atoms with van der Waals surface area (Å²) in [6.07, 6.45) is 1.59. The Bertz CT molecular complexity index is 1340. The van der Waals surface area contributed by atoms with Gasteiger partial charge in [0.05, 0.1) is 7.11 Å². The summed E-state index contributed by atoms with van der Waals surface area (Å²) in [6, 6.07) is 15.8. The first-order valence-electron chi connectivity index (χ1n) is 10.8. The van der Waals surface area contributed by atoms with Gasteiger partial charge < -0.3 is 9.64 Å². The number of halogens is 2. The molecule has 0 aliphatic carbocycles. The molecule has 1 heterocycles. The predicted octanol–water partition coefficient (Wildman–Crippen LogP) is 5.78. The van der Waals surface area contributed by atoms with E-state index >= 15 is 0 Å². The molecule has 0 saturated carbocycles. The van der Waals surface area contributed by atoms with E-state index in [1.165, 1.54) is 24.8 Å². The summed E-state index contributed by atoms with van der Waals surface area (Å²) in [6.45, 7) is 3.04. The number of methoxy groups -OCH3 is 1. The predicted molar refractivity (Wildman–Crippen MR) is 140 cm³/mol. The van der Waals surface area contributed by atoms with Gasteiger partial charge in [-0.05, 0) is 104 Å². The number of nitrogens with one attached hydrogen (secondary N) is 1. The molecular weight excluding hydrogens is 584 g/mol. The smallest absolute Gasteiger partial charge is 0.265 e. The Morgan fingerprint density at radius 3 is 2.35 bits per heavy atom. The van der Waals surface area contributed by atoms with Crippen LogP contribution in [-0.4, -0.2) is 32.9 Å². The standard InChI is InChI=1S/C25H24Br2N2O4S/c1-3-16-4-7-20(8-5-16)28-34(31,32)24-14-18(6-9-23(24)33-2)25(30)29-11-10-17-12-21(26)22(27)13-19(17)15-29/h4-9,12-14,28H,3,10-11,15H2,1-2H3. The summed E-state index contributed by atoms with van der Waals surface area (Å²) in [7, 11) is -2.57. The van der Waals surface area contributed by atoms with Gasteiger partial charge in [0.2, 0.25) is 0 Å². The van der Waals surface area contributed by atoms with Crippen LogP contribution in [0.5, 0.6) is 5.75 Å². The Balaban J connectivity index is 1.61. The van der Waals surface area contributed by atoms with Gasteiger partial charge in [0.15, 0.2) is 0 Å². The van der Waals surface area contributed by atoms with Crippen LogP contribution >= 0.6 is 31.9 Å². The number of aryl methyl sites for hydroxylation is 1. The van der Waals surface area contributed by atoms with E-state index in [0.717, 1.165) is 32.9 Å². The number of anilines is 1. The highest BCUT2D eigenvalue weighted by atomic mass is 79.9. The van der Waals surface area contributed by atoms with Crippen molar-refractivity contribution in [1.82, 2.24) is 4.90 Å². The van der Waals surface area contributed by atoms with Crippen molar-refractivity contribution in [1.29, 1.82) is 0 Å². The van der Waals surface area contributed by atoms with Crippen LogP contribution in [-0.2, 0) is 29.4 Å². The lowest BCUT2D eigenvalue weighted by molar-refractivity contribution is 0.0734. The zero-order valence-electron chi connectivity index (χ0n) is 18.8. The highest BCUT2D eigenvalue weighted by molar-refractivity contribution is 9.13. The van der Waals surface area contributed by atoms with Gasteiger partial charge in [0.1, 0.15) is 10.6 Å². The zero-order chi connectivity index (χ0) is 24.5. The minimum absolute atomic E-state index is 0.0792. The van der Waals surface area contributed by atoms with Crippen molar-refractivity contribution in [2.45, 2.75) is 31.2 Å². The summed E-state index contributed by atoms with van der Waals surface area (Å²) in [5.74, 6) is -0.0527. The average Bonchev–Trinajstić information content (AvgIpc) is 2.84. The van der Waals surface area contributed by atoms with Crippen molar-refractivity contribution in [3.05, 3.63) is 85.8 Å². The number of rotatable bonds is 6. The van der Waals surface area contributed by atoms with E-state index in [1.807, 2.05) is 25.1 Å². The van der Waals surface area contributed by atoms with Gasteiger partial charge in [-0.1, -0.05) is 19.1 Å². The molecule has 9 heteroatoms. The van der Waals surface area contributed by atoms with Crippen LogP contribution in [0.1, 0.15) is 34.0 Å². The molecule has 4 rings (SSSR count). The zero-order valence-corrected chi connectivity index (χ0v) is 22.8. The van der Waals surface area contributed by atoms with E-state index in [4.69, 9.17) is 4.74 Å². The summed E-state index contributed by atoms with van der Waals surface area (Å²) < 4.78 is 36.2. The molecule has 3 aromatic carbocycles. The highest BCUT2D eigenvalue weighted by Gasteiger charge is 2.26. The second kappa shape index (κ2) is 10.1. The number of ether oxygens (including phenoxy) is 1. The number of sulfonamides is 1. The van der Waals surface area contributed by atoms with Gasteiger partial charge in [-0.25, -0.2) is 8.42 Å². The summed E-state index contributed by atoms with van der Waals surface area (Å²) in [4.78, 5) is 15.0. The minimum Gasteiger partial charge on any atom is -0.495 e. The number of benzene rings is 3. The van der Waals surface area contributed by atoms with Crippen LogP contribution in [0.4, 0.5) is 5.69 Å². The lowest BCUT2D eigenvalue weighted by Crippen LogP contribution is -2.36. The van der Waals surface area contributed by atoms with Gasteiger partial charge in [0, 0.05) is 33.3 Å². The maximum Gasteiger partial charge on any atom is 0.265 e. The molecule has 178 valence electrons. The second-order valence-corrected chi connectivity index (χ2v) is 11.4. The number of hydrogen-bond donors (Lipinski definition) is 1. The van der Waals surface area contributed by atoms with E-state index in [9.17, 15) is 13.2 Å². The molecule has 0 spiro atoms. The van der Waals surface area contributed by atoms with Crippen molar-refractivity contribution in [3.63, 3.8) is 0 Å². The number of fused-ring (bicyclic) bond motifs is 1. The summed E-state index contributed by atoms with van der Waals surface area (Å²) in [5, 5.41) is 0. The highest BCUT2D eigenvalue weighted by Crippen LogP contribution is 2.32. The molecule has 0 saturated heterocycles. The van der Waals surface area contributed by atoms with E-state index in [-0.39, 0.29) is 16.6 Å². The fourth-order valence-corrected chi connectivity index (χ4v) is 5.98. The first-order valence-corrected chi connectivity index (χ1v) is 13.8. The van der Waals surface area contributed by atoms with Crippen LogP contribution in [0.2, 0.25) is 0 Å². The number of carbonyl (C=O) groups is 1. The van der Waals surface area contributed by atoms with Gasteiger partial charge in [-0.2, -0.15) is 0 Å². The van der Waals surface area contributed by atoms with Crippen molar-refractivity contribution < 1.29 is 17.9 Å². The van der Waals surface area contributed by atoms with E-state index in [1.54, 1.807) is 23.1 Å². The van der Waals surface area contributed by atoms with E-state index in [0.29, 0.717) is 24.3 Å². The molecule has 0 fully saturated rings. The molecule has 1 N–H and O–H groups in total. The molecule has 0 aromatic heterocycles. The molecule has 3 aromatic rings. The quantitative estimate of drug-likeness (QED) is 0.385. The normalized spacial score (nSPS) is 13.4. The van der Waals surface area contributed by atoms with E-state index < -0.39 is 10.0 Å². The van der Waals surface area contributed by atoms with Crippen LogP contribution in [0.3, 0.4) is 0 Å². The largest absolute Gasteiger partial charge is 0.495 e. The molecule has 1 aliphatic rings. The number of nitrogens with zero attached hydrogens (tertiary/aromatic N) is 1. The van der Waals surface area contributed by atoms with Crippen molar-refractivity contribution in [3.8, 4) is 5.75 Å². The maximum absolute atomic E-state index is 13.3. The first kappa shape index (κ1) is 24.8. The van der Waals surface area contributed by atoms with Gasteiger partial charge >= 0.3 is 0 Å². The monoisotopic (exact) mass is 606 g/mol. The van der Waals surface area contributed by atoms with E-state index in [2.05, 4.69) is 42.6 Å². The third kappa shape index (κ3) is 5.16. The maximum atomic E-state index is 13.3. The molecular formula is C25H24Br2N2O4S. The number of hydrogen-bond acceptors (Lipinski definition) is 4. The Morgan fingerprint density at radius 1 is 1.03 bits per heavy atom. The number of amides is 1. The summed E-state index contributed by atoms with van der Waals surface area (Å²) in [5.41, 5.74) is 4.10. The molecule has 0 bridgehead atoms. The lowest BCUT2D eigenvalue weighted by atomic mass is 9.99. The minimum atomic E-state index is -3.98. The Labute approximate surface area is 216 Å².